The van der Waals surface area contributed by atoms with Crippen molar-refractivity contribution in [1.29, 1.82) is 0 Å². The third-order valence-corrected chi connectivity index (χ3v) is 4.96. The Hall–Kier alpha value is -3.31. The van der Waals surface area contributed by atoms with E-state index in [0.29, 0.717) is 10.1 Å². The number of rotatable bonds is 4. The number of carbonyl (C=O) groups is 1. The first-order valence-corrected chi connectivity index (χ1v) is 9.67. The Kier molecular flexibility index (Phi) is 5.26. The molecular formula is C23H18N2O2S. The van der Waals surface area contributed by atoms with Crippen molar-refractivity contribution in [3.05, 3.63) is 94.9 Å². The standard InChI is InChI=1S/C23H18N2O2S/c1-16-10-12-18(13-11-16)24-23-25-22(26)21(28-23)15-17-6-5-9-20(14-17)27-19-7-3-2-4-8-19/h2-15H,1H3,(H,24,25,26)/b21-15-. The molecule has 4 nitrogen and oxygen atoms in total. The van der Waals surface area contributed by atoms with E-state index >= 15 is 0 Å². The molecule has 5 heteroatoms. The maximum atomic E-state index is 12.3. The summed E-state index contributed by atoms with van der Waals surface area (Å²) in [6.45, 7) is 2.03. The summed E-state index contributed by atoms with van der Waals surface area (Å²) in [7, 11) is 0. The van der Waals surface area contributed by atoms with Gasteiger partial charge in [-0.15, -0.1) is 0 Å². The summed E-state index contributed by atoms with van der Waals surface area (Å²) in [4.78, 5) is 17.4. The van der Waals surface area contributed by atoms with Crippen molar-refractivity contribution in [3.8, 4) is 11.5 Å². The lowest BCUT2D eigenvalue weighted by molar-refractivity contribution is -0.115. The molecule has 1 amide bonds. The van der Waals surface area contributed by atoms with Crippen LogP contribution in [0.2, 0.25) is 0 Å². The van der Waals surface area contributed by atoms with E-state index in [0.717, 1.165) is 22.7 Å². The van der Waals surface area contributed by atoms with Crippen LogP contribution < -0.4 is 10.1 Å². The van der Waals surface area contributed by atoms with Crippen LogP contribution in [0.3, 0.4) is 0 Å². The molecule has 0 aromatic heterocycles. The minimum atomic E-state index is -0.148. The van der Waals surface area contributed by atoms with Gasteiger partial charge >= 0.3 is 0 Å². The largest absolute Gasteiger partial charge is 0.457 e. The van der Waals surface area contributed by atoms with Crippen molar-refractivity contribution in [2.75, 3.05) is 0 Å². The molecule has 3 aromatic carbocycles. The number of para-hydroxylation sites is 1. The third kappa shape index (κ3) is 4.50. The molecule has 4 rings (SSSR count). The molecule has 1 heterocycles. The van der Waals surface area contributed by atoms with E-state index in [1.165, 1.54) is 17.3 Å². The molecule has 1 aliphatic heterocycles. The molecule has 1 aliphatic rings. The van der Waals surface area contributed by atoms with E-state index in [-0.39, 0.29) is 5.91 Å². The van der Waals surface area contributed by atoms with Gasteiger partial charge in [0.1, 0.15) is 11.5 Å². The van der Waals surface area contributed by atoms with Crippen molar-refractivity contribution < 1.29 is 9.53 Å². The first kappa shape index (κ1) is 18.1. The zero-order valence-corrected chi connectivity index (χ0v) is 16.1. The number of nitrogens with one attached hydrogen (secondary N) is 1. The van der Waals surface area contributed by atoms with Crippen LogP contribution in [0.1, 0.15) is 11.1 Å². The summed E-state index contributed by atoms with van der Waals surface area (Å²) in [5.74, 6) is 1.34. The van der Waals surface area contributed by atoms with E-state index in [9.17, 15) is 4.79 Å². The fraction of sp³-hybridized carbons (Fsp3) is 0.0435. The number of benzene rings is 3. The number of aliphatic imine (C=N–C) groups is 1. The minimum absolute atomic E-state index is 0.148. The predicted octanol–water partition coefficient (Wildman–Crippen LogP) is 5.68. The lowest BCUT2D eigenvalue weighted by Gasteiger charge is -2.06. The van der Waals surface area contributed by atoms with Crippen LogP contribution >= 0.6 is 11.8 Å². The van der Waals surface area contributed by atoms with Crippen molar-refractivity contribution in [2.24, 2.45) is 4.99 Å². The van der Waals surface area contributed by atoms with Crippen LogP contribution in [0.25, 0.3) is 6.08 Å². The molecule has 0 radical (unpaired) electrons. The second-order valence-corrected chi connectivity index (χ2v) is 7.34. The predicted molar refractivity (Wildman–Crippen MR) is 115 cm³/mol. The lowest BCUT2D eigenvalue weighted by Crippen LogP contribution is -2.19. The van der Waals surface area contributed by atoms with Gasteiger partial charge in [0, 0.05) is 0 Å². The van der Waals surface area contributed by atoms with Crippen LogP contribution in [0.4, 0.5) is 5.69 Å². The monoisotopic (exact) mass is 386 g/mol. The van der Waals surface area contributed by atoms with Crippen LogP contribution in [-0.2, 0) is 4.79 Å². The summed E-state index contributed by atoms with van der Waals surface area (Å²) in [5.41, 5.74) is 2.88. The quantitative estimate of drug-likeness (QED) is 0.587. The SMILES string of the molecule is Cc1ccc(N=C2NC(=O)/C(=C/c3cccc(Oc4ccccc4)c3)S2)cc1. The Morgan fingerprint density at radius 1 is 0.929 bits per heavy atom. The topological polar surface area (TPSA) is 50.7 Å². The number of nitrogens with zero attached hydrogens (tertiary/aromatic N) is 1. The molecule has 0 saturated carbocycles. The highest BCUT2D eigenvalue weighted by atomic mass is 32.2. The van der Waals surface area contributed by atoms with Gasteiger partial charge in [-0.2, -0.15) is 0 Å². The molecule has 0 bridgehead atoms. The fourth-order valence-electron chi connectivity index (χ4n) is 2.66. The number of thioether (sulfide) groups is 1. The van der Waals surface area contributed by atoms with Gasteiger partial charge in [-0.3, -0.25) is 4.79 Å². The van der Waals surface area contributed by atoms with Crippen molar-refractivity contribution in [1.82, 2.24) is 5.32 Å². The Labute approximate surface area is 168 Å². The maximum absolute atomic E-state index is 12.3. The van der Waals surface area contributed by atoms with Gasteiger partial charge in [0.2, 0.25) is 0 Å². The number of hydrogen-bond acceptors (Lipinski definition) is 4. The summed E-state index contributed by atoms with van der Waals surface area (Å²) >= 11 is 1.33. The average Bonchev–Trinajstić information content (AvgIpc) is 3.03. The van der Waals surface area contributed by atoms with Gasteiger partial charge in [0.15, 0.2) is 5.17 Å². The van der Waals surface area contributed by atoms with Gasteiger partial charge < -0.3 is 10.1 Å². The smallest absolute Gasteiger partial charge is 0.264 e. The Bertz CT molecular complexity index is 1060. The molecule has 1 fully saturated rings. The molecule has 1 N–H and O–H groups in total. The summed E-state index contributed by atoms with van der Waals surface area (Å²) in [6, 6.07) is 25.1. The van der Waals surface area contributed by atoms with Gasteiger partial charge in [0.05, 0.1) is 10.6 Å². The minimum Gasteiger partial charge on any atom is -0.457 e. The number of ether oxygens (including phenoxy) is 1. The van der Waals surface area contributed by atoms with E-state index in [4.69, 9.17) is 4.74 Å². The number of aryl methyl sites for hydroxylation is 1. The van der Waals surface area contributed by atoms with Gasteiger partial charge in [0.25, 0.3) is 5.91 Å². The van der Waals surface area contributed by atoms with Gasteiger partial charge in [-0.05, 0) is 66.7 Å². The molecular weight excluding hydrogens is 368 g/mol. The zero-order chi connectivity index (χ0) is 19.3. The number of carbonyl (C=O) groups excluding carboxylic acids is 1. The van der Waals surface area contributed by atoms with E-state index in [1.54, 1.807) is 0 Å². The number of hydrogen-bond donors (Lipinski definition) is 1. The molecule has 0 spiro atoms. The first-order chi connectivity index (χ1) is 13.7. The third-order valence-electron chi connectivity index (χ3n) is 4.05. The Morgan fingerprint density at radius 3 is 2.46 bits per heavy atom. The van der Waals surface area contributed by atoms with Crippen LogP contribution in [-0.4, -0.2) is 11.1 Å². The van der Waals surface area contributed by atoms with E-state index < -0.39 is 0 Å². The van der Waals surface area contributed by atoms with Crippen molar-refractivity contribution >= 4 is 34.6 Å². The normalized spacial score (nSPS) is 16.4. The van der Waals surface area contributed by atoms with Crippen LogP contribution in [0.15, 0.2) is 88.8 Å². The molecule has 3 aromatic rings. The molecule has 1 saturated heterocycles. The van der Waals surface area contributed by atoms with Crippen molar-refractivity contribution in [2.45, 2.75) is 6.92 Å². The van der Waals surface area contributed by atoms with E-state index in [2.05, 4.69) is 10.3 Å². The second kappa shape index (κ2) is 8.15. The highest BCUT2D eigenvalue weighted by Crippen LogP contribution is 2.29. The highest BCUT2D eigenvalue weighted by molar-refractivity contribution is 8.18. The second-order valence-electron chi connectivity index (χ2n) is 6.30. The highest BCUT2D eigenvalue weighted by Gasteiger charge is 2.23. The molecule has 0 unspecified atom stereocenters. The Balaban J connectivity index is 1.51. The first-order valence-electron chi connectivity index (χ1n) is 8.85. The molecule has 0 atom stereocenters. The fourth-order valence-corrected chi connectivity index (χ4v) is 3.50. The molecule has 138 valence electrons. The lowest BCUT2D eigenvalue weighted by atomic mass is 10.2. The molecule has 0 aliphatic carbocycles. The number of amidine groups is 1. The zero-order valence-electron chi connectivity index (χ0n) is 15.3. The Morgan fingerprint density at radius 2 is 1.68 bits per heavy atom. The summed E-state index contributed by atoms with van der Waals surface area (Å²) in [5, 5.41) is 3.40. The van der Waals surface area contributed by atoms with Gasteiger partial charge in [-0.25, -0.2) is 4.99 Å². The van der Waals surface area contributed by atoms with Crippen LogP contribution in [0, 0.1) is 6.92 Å². The maximum Gasteiger partial charge on any atom is 0.264 e. The average molecular weight is 386 g/mol. The van der Waals surface area contributed by atoms with E-state index in [1.807, 2.05) is 91.9 Å². The van der Waals surface area contributed by atoms with Crippen LogP contribution in [0.5, 0.6) is 11.5 Å². The van der Waals surface area contributed by atoms with Crippen molar-refractivity contribution in [3.63, 3.8) is 0 Å². The van der Waals surface area contributed by atoms with Gasteiger partial charge in [-0.1, -0.05) is 48.0 Å². The number of amides is 1. The molecule has 28 heavy (non-hydrogen) atoms. The summed E-state index contributed by atoms with van der Waals surface area (Å²) in [6.07, 6.45) is 1.84. The summed E-state index contributed by atoms with van der Waals surface area (Å²) < 4.78 is 5.86.